The quantitative estimate of drug-likeness (QED) is 0.903. The summed E-state index contributed by atoms with van der Waals surface area (Å²) in [4.78, 5) is 2.07. The number of fused-ring (bicyclic) bond motifs is 2. The van der Waals surface area contributed by atoms with Gasteiger partial charge in [0.25, 0.3) is 0 Å². The molecule has 1 N–H and O–H groups in total. The molecule has 1 unspecified atom stereocenters. The van der Waals surface area contributed by atoms with Crippen LogP contribution < -0.4 is 9.47 Å². The van der Waals surface area contributed by atoms with Gasteiger partial charge in [-0.15, -0.1) is 0 Å². The average Bonchev–Trinajstić information content (AvgIpc) is 2.62. The van der Waals surface area contributed by atoms with Gasteiger partial charge < -0.3 is 14.6 Å². The smallest absolute Gasteiger partial charge is 0.161 e. The Kier molecular flexibility index (Phi) is 4.02. The summed E-state index contributed by atoms with van der Waals surface area (Å²) in [5.41, 5.74) is 1.90. The predicted octanol–water partition coefficient (Wildman–Crippen LogP) is 4.10. The maximum Gasteiger partial charge on any atom is 0.161 e. The van der Waals surface area contributed by atoms with Crippen LogP contribution in [0.2, 0.25) is 5.02 Å². The summed E-state index contributed by atoms with van der Waals surface area (Å²) in [7, 11) is 3.23. The SMILES string of the molecule is COc1cc2c(cc1OC)Sc1ccc(Cl)cc1C(O)C2. The van der Waals surface area contributed by atoms with Gasteiger partial charge in [-0.25, -0.2) is 0 Å². The fourth-order valence-corrected chi connectivity index (χ4v) is 3.77. The first-order valence-corrected chi connectivity index (χ1v) is 7.72. The Morgan fingerprint density at radius 2 is 1.81 bits per heavy atom. The van der Waals surface area contributed by atoms with E-state index in [-0.39, 0.29) is 0 Å². The first-order valence-electron chi connectivity index (χ1n) is 6.52. The second-order valence-electron chi connectivity index (χ2n) is 4.82. The van der Waals surface area contributed by atoms with Crippen molar-refractivity contribution in [3.05, 3.63) is 46.5 Å². The zero-order valence-corrected chi connectivity index (χ0v) is 13.3. The van der Waals surface area contributed by atoms with E-state index in [1.165, 1.54) is 0 Å². The molecule has 0 saturated carbocycles. The van der Waals surface area contributed by atoms with Gasteiger partial charge in [0.2, 0.25) is 0 Å². The number of halogens is 1. The minimum atomic E-state index is -0.578. The molecule has 1 aliphatic rings. The highest BCUT2D eigenvalue weighted by Gasteiger charge is 2.23. The molecule has 3 rings (SSSR count). The molecule has 1 atom stereocenters. The molecule has 0 fully saturated rings. The molecule has 0 aliphatic carbocycles. The van der Waals surface area contributed by atoms with Crippen molar-refractivity contribution in [1.29, 1.82) is 0 Å². The van der Waals surface area contributed by atoms with Crippen LogP contribution in [0.25, 0.3) is 0 Å². The molecule has 5 heteroatoms. The summed E-state index contributed by atoms with van der Waals surface area (Å²) >= 11 is 7.65. The summed E-state index contributed by atoms with van der Waals surface area (Å²) in [5, 5.41) is 11.1. The van der Waals surface area contributed by atoms with Gasteiger partial charge in [0.15, 0.2) is 11.5 Å². The predicted molar refractivity (Wildman–Crippen MR) is 83.8 cm³/mol. The fourth-order valence-electron chi connectivity index (χ4n) is 2.47. The van der Waals surface area contributed by atoms with Crippen LogP contribution in [0.5, 0.6) is 11.5 Å². The fraction of sp³-hybridized carbons (Fsp3) is 0.250. The minimum absolute atomic E-state index is 0.524. The van der Waals surface area contributed by atoms with Gasteiger partial charge in [-0.2, -0.15) is 0 Å². The van der Waals surface area contributed by atoms with Gasteiger partial charge in [-0.1, -0.05) is 23.4 Å². The van der Waals surface area contributed by atoms with Gasteiger partial charge in [0, 0.05) is 21.2 Å². The maximum absolute atomic E-state index is 10.5. The second kappa shape index (κ2) is 5.79. The van der Waals surface area contributed by atoms with Crippen LogP contribution in [0, 0.1) is 0 Å². The summed E-state index contributed by atoms with van der Waals surface area (Å²) in [5.74, 6) is 1.36. The Bertz CT molecular complexity index is 687. The van der Waals surface area contributed by atoms with E-state index < -0.39 is 6.10 Å². The van der Waals surface area contributed by atoms with Crippen LogP contribution in [-0.2, 0) is 6.42 Å². The summed E-state index contributed by atoms with van der Waals surface area (Å²) in [6, 6.07) is 9.49. The molecule has 3 nitrogen and oxygen atoms in total. The van der Waals surface area contributed by atoms with Crippen molar-refractivity contribution in [1.82, 2.24) is 0 Å². The van der Waals surface area contributed by atoms with Crippen LogP contribution in [0.3, 0.4) is 0 Å². The van der Waals surface area contributed by atoms with Crippen molar-refractivity contribution in [3.63, 3.8) is 0 Å². The Morgan fingerprint density at radius 1 is 1.10 bits per heavy atom. The van der Waals surface area contributed by atoms with E-state index in [9.17, 15) is 5.11 Å². The third kappa shape index (κ3) is 2.71. The lowest BCUT2D eigenvalue weighted by molar-refractivity contribution is 0.175. The van der Waals surface area contributed by atoms with E-state index in [0.717, 1.165) is 20.9 Å². The summed E-state index contributed by atoms with van der Waals surface area (Å²) in [6.45, 7) is 0. The molecule has 1 heterocycles. The highest BCUT2D eigenvalue weighted by atomic mass is 35.5. The zero-order chi connectivity index (χ0) is 15.0. The highest BCUT2D eigenvalue weighted by Crippen LogP contribution is 2.45. The first-order chi connectivity index (χ1) is 10.1. The lowest BCUT2D eigenvalue weighted by atomic mass is 10.0. The van der Waals surface area contributed by atoms with Gasteiger partial charge in [-0.05, 0) is 41.5 Å². The number of hydrogen-bond acceptors (Lipinski definition) is 4. The summed E-state index contributed by atoms with van der Waals surface area (Å²) < 4.78 is 10.7. The third-order valence-corrected chi connectivity index (χ3v) is 4.96. The highest BCUT2D eigenvalue weighted by molar-refractivity contribution is 7.99. The third-order valence-electron chi connectivity index (χ3n) is 3.53. The van der Waals surface area contributed by atoms with Crippen LogP contribution >= 0.6 is 23.4 Å². The molecular weight excluding hydrogens is 308 g/mol. The van der Waals surface area contributed by atoms with Crippen LogP contribution in [0.1, 0.15) is 17.2 Å². The number of rotatable bonds is 2. The molecule has 0 saturated heterocycles. The van der Waals surface area contributed by atoms with E-state index in [1.54, 1.807) is 26.0 Å². The Morgan fingerprint density at radius 3 is 2.52 bits per heavy atom. The second-order valence-corrected chi connectivity index (χ2v) is 6.34. The van der Waals surface area contributed by atoms with E-state index >= 15 is 0 Å². The van der Waals surface area contributed by atoms with Gasteiger partial charge in [0.1, 0.15) is 0 Å². The van der Waals surface area contributed by atoms with Crippen molar-refractivity contribution in [2.75, 3.05) is 14.2 Å². The number of aliphatic hydroxyl groups is 1. The topological polar surface area (TPSA) is 38.7 Å². The van der Waals surface area contributed by atoms with Gasteiger partial charge >= 0.3 is 0 Å². The number of aliphatic hydroxyl groups excluding tert-OH is 1. The van der Waals surface area contributed by atoms with E-state index in [4.69, 9.17) is 21.1 Å². The molecule has 0 bridgehead atoms. The van der Waals surface area contributed by atoms with Crippen LogP contribution in [0.15, 0.2) is 40.1 Å². The van der Waals surface area contributed by atoms with Crippen molar-refractivity contribution in [2.24, 2.45) is 0 Å². The van der Waals surface area contributed by atoms with Crippen molar-refractivity contribution in [3.8, 4) is 11.5 Å². The van der Waals surface area contributed by atoms with E-state index in [2.05, 4.69) is 0 Å². The molecule has 110 valence electrons. The minimum Gasteiger partial charge on any atom is -0.493 e. The van der Waals surface area contributed by atoms with Gasteiger partial charge in [0.05, 0.1) is 20.3 Å². The molecule has 2 aromatic carbocycles. The first kappa shape index (κ1) is 14.6. The Hall–Kier alpha value is -1.36. The van der Waals surface area contributed by atoms with Crippen LogP contribution in [-0.4, -0.2) is 19.3 Å². The normalized spacial score (nSPS) is 16.7. The van der Waals surface area contributed by atoms with Crippen molar-refractivity contribution >= 4 is 23.4 Å². The summed E-state index contributed by atoms with van der Waals surface area (Å²) in [6.07, 6.45) is -0.0544. The molecule has 2 aromatic rings. The molecular formula is C16H15ClO3S. The average molecular weight is 323 g/mol. The number of hydrogen-bond donors (Lipinski definition) is 1. The van der Waals surface area contributed by atoms with E-state index in [1.807, 2.05) is 30.3 Å². The monoisotopic (exact) mass is 322 g/mol. The largest absolute Gasteiger partial charge is 0.493 e. The lowest BCUT2D eigenvalue weighted by Crippen LogP contribution is -2.02. The molecule has 0 amide bonds. The zero-order valence-electron chi connectivity index (χ0n) is 11.7. The standard InChI is InChI=1S/C16H15ClO3S/c1-19-13-6-9-5-12(18)11-7-10(17)3-4-15(11)21-16(9)8-14(13)20-2/h3-4,6-8,12,18H,5H2,1-2H3. The van der Waals surface area contributed by atoms with Crippen molar-refractivity contribution < 1.29 is 14.6 Å². The van der Waals surface area contributed by atoms with E-state index in [0.29, 0.717) is 22.9 Å². The number of methoxy groups -OCH3 is 2. The Balaban J connectivity index is 2.12. The molecule has 0 spiro atoms. The van der Waals surface area contributed by atoms with Crippen LogP contribution in [0.4, 0.5) is 0 Å². The van der Waals surface area contributed by atoms with Crippen molar-refractivity contribution in [2.45, 2.75) is 22.3 Å². The Labute approximate surface area is 132 Å². The molecule has 0 aromatic heterocycles. The molecule has 1 aliphatic heterocycles. The number of benzene rings is 2. The maximum atomic E-state index is 10.5. The number of ether oxygens (including phenoxy) is 2. The molecule has 21 heavy (non-hydrogen) atoms. The molecule has 0 radical (unpaired) electrons. The lowest BCUT2D eigenvalue weighted by Gasteiger charge is -2.13. The van der Waals surface area contributed by atoms with Gasteiger partial charge in [-0.3, -0.25) is 0 Å².